The molecule has 0 heterocycles. The van der Waals surface area contributed by atoms with Gasteiger partial charge in [0.25, 0.3) is 5.91 Å². The molecule has 0 aliphatic rings. The van der Waals surface area contributed by atoms with Crippen LogP contribution in [0.15, 0.2) is 42.5 Å². The van der Waals surface area contributed by atoms with E-state index in [1.54, 1.807) is 24.3 Å². The van der Waals surface area contributed by atoms with Gasteiger partial charge in [-0.25, -0.2) is 4.79 Å². The molecule has 0 radical (unpaired) electrons. The summed E-state index contributed by atoms with van der Waals surface area (Å²) >= 11 is 10.7. The molecule has 8 heteroatoms. The lowest BCUT2D eigenvalue weighted by atomic mass is 10.2. The summed E-state index contributed by atoms with van der Waals surface area (Å²) in [6.07, 6.45) is 0. The number of hydrogen-bond acceptors (Lipinski definition) is 4. The van der Waals surface area contributed by atoms with Gasteiger partial charge in [-0.1, -0.05) is 11.6 Å². The molecule has 23 heavy (non-hydrogen) atoms. The summed E-state index contributed by atoms with van der Waals surface area (Å²) in [5.41, 5.74) is 0.416. The Morgan fingerprint density at radius 2 is 1.74 bits per heavy atom. The van der Waals surface area contributed by atoms with Crippen molar-refractivity contribution >= 4 is 46.5 Å². The van der Waals surface area contributed by atoms with Crippen LogP contribution in [-0.2, 0) is 0 Å². The first-order chi connectivity index (χ1) is 10.9. The Labute approximate surface area is 141 Å². The Balaban J connectivity index is 2.05. The number of aromatic hydroxyl groups is 1. The minimum atomic E-state index is -1.28. The van der Waals surface area contributed by atoms with Gasteiger partial charge >= 0.3 is 5.97 Å². The molecule has 2 aromatic carbocycles. The second-order valence-corrected chi connectivity index (χ2v) is 5.30. The number of benzene rings is 2. The van der Waals surface area contributed by atoms with Crippen molar-refractivity contribution in [1.29, 1.82) is 0 Å². The van der Waals surface area contributed by atoms with Gasteiger partial charge in [-0.15, -0.1) is 0 Å². The average molecular weight is 351 g/mol. The zero-order valence-corrected chi connectivity index (χ0v) is 13.1. The lowest BCUT2D eigenvalue weighted by Crippen LogP contribution is -2.34. The number of carbonyl (C=O) groups excluding carboxylic acids is 1. The number of nitrogens with one attached hydrogen (secondary N) is 2. The molecule has 0 unspecified atom stereocenters. The molecule has 2 rings (SSSR count). The van der Waals surface area contributed by atoms with Gasteiger partial charge in [0.05, 0.1) is 0 Å². The molecule has 6 nitrogen and oxygen atoms in total. The zero-order chi connectivity index (χ0) is 17.0. The van der Waals surface area contributed by atoms with Crippen LogP contribution in [0.25, 0.3) is 0 Å². The molecule has 118 valence electrons. The van der Waals surface area contributed by atoms with Crippen LogP contribution in [0.3, 0.4) is 0 Å². The summed E-state index contributed by atoms with van der Waals surface area (Å²) in [4.78, 5) is 22.9. The van der Waals surface area contributed by atoms with Crippen molar-refractivity contribution in [3.8, 4) is 5.75 Å². The van der Waals surface area contributed by atoms with Crippen LogP contribution in [0, 0.1) is 0 Å². The maximum Gasteiger partial charge on any atom is 0.339 e. The predicted molar refractivity (Wildman–Crippen MR) is 90.2 cm³/mol. The van der Waals surface area contributed by atoms with Crippen LogP contribution >= 0.6 is 23.8 Å². The molecule has 4 N–H and O–H groups in total. The summed E-state index contributed by atoms with van der Waals surface area (Å²) in [6, 6.07) is 10.1. The highest BCUT2D eigenvalue weighted by molar-refractivity contribution is 7.80. The first-order valence-electron chi connectivity index (χ1n) is 6.31. The molecular formula is C15H11ClN2O4S. The Hall–Kier alpha value is -2.64. The minimum Gasteiger partial charge on any atom is -0.507 e. The first kappa shape index (κ1) is 16.7. The van der Waals surface area contributed by atoms with E-state index in [1.807, 2.05) is 0 Å². The van der Waals surface area contributed by atoms with Crippen molar-refractivity contribution in [2.45, 2.75) is 0 Å². The Kier molecular flexibility index (Phi) is 5.15. The molecule has 0 bridgehead atoms. The van der Waals surface area contributed by atoms with Crippen molar-refractivity contribution in [2.24, 2.45) is 0 Å². The highest BCUT2D eigenvalue weighted by Gasteiger charge is 2.12. The maximum absolute atomic E-state index is 12.0. The SMILES string of the molecule is O=C(NC(=S)Nc1ccc(O)c(C(=O)O)c1)c1ccc(Cl)cc1. The summed E-state index contributed by atoms with van der Waals surface area (Å²) in [7, 11) is 0. The van der Waals surface area contributed by atoms with E-state index >= 15 is 0 Å². The quantitative estimate of drug-likeness (QED) is 0.502. The fraction of sp³-hybridized carbons (Fsp3) is 0. The second kappa shape index (κ2) is 7.08. The fourth-order valence-electron chi connectivity index (χ4n) is 1.72. The molecule has 0 aliphatic heterocycles. The molecular weight excluding hydrogens is 340 g/mol. The zero-order valence-electron chi connectivity index (χ0n) is 11.5. The van der Waals surface area contributed by atoms with Crippen LogP contribution in [0.4, 0.5) is 5.69 Å². The van der Waals surface area contributed by atoms with Crippen LogP contribution in [0.1, 0.15) is 20.7 Å². The molecule has 0 atom stereocenters. The van der Waals surface area contributed by atoms with Gasteiger partial charge in [-0.2, -0.15) is 0 Å². The van der Waals surface area contributed by atoms with Gasteiger partial charge < -0.3 is 15.5 Å². The standard InChI is InChI=1S/C15H11ClN2O4S/c16-9-3-1-8(2-4-9)13(20)18-15(23)17-10-5-6-12(19)11(7-10)14(21)22/h1-7,19H,(H,21,22)(H2,17,18,20,23). The molecule has 0 spiro atoms. The lowest BCUT2D eigenvalue weighted by molar-refractivity contribution is 0.0693. The monoisotopic (exact) mass is 350 g/mol. The summed E-state index contributed by atoms with van der Waals surface area (Å²) in [6.45, 7) is 0. The number of aromatic carboxylic acids is 1. The van der Waals surface area contributed by atoms with E-state index in [2.05, 4.69) is 10.6 Å². The number of amides is 1. The summed E-state index contributed by atoms with van der Waals surface area (Å²) in [5, 5.41) is 24.0. The number of carbonyl (C=O) groups is 2. The number of hydrogen-bond donors (Lipinski definition) is 4. The van der Waals surface area contributed by atoms with Crippen molar-refractivity contribution in [2.75, 3.05) is 5.32 Å². The van der Waals surface area contributed by atoms with Crippen LogP contribution < -0.4 is 10.6 Å². The van der Waals surface area contributed by atoms with E-state index in [0.717, 1.165) is 0 Å². The molecule has 0 aromatic heterocycles. The largest absolute Gasteiger partial charge is 0.507 e. The highest BCUT2D eigenvalue weighted by Crippen LogP contribution is 2.21. The van der Waals surface area contributed by atoms with Gasteiger partial charge in [-0.3, -0.25) is 10.1 Å². The third-order valence-corrected chi connectivity index (χ3v) is 3.27. The number of halogens is 1. The molecule has 0 aliphatic carbocycles. The Morgan fingerprint density at radius 1 is 1.09 bits per heavy atom. The van der Waals surface area contributed by atoms with Crippen molar-refractivity contribution in [3.05, 3.63) is 58.6 Å². The van der Waals surface area contributed by atoms with Crippen molar-refractivity contribution in [1.82, 2.24) is 5.32 Å². The number of rotatable bonds is 3. The van der Waals surface area contributed by atoms with Crippen LogP contribution in [-0.4, -0.2) is 27.2 Å². The van der Waals surface area contributed by atoms with Crippen molar-refractivity contribution < 1.29 is 19.8 Å². The normalized spacial score (nSPS) is 9.96. The molecule has 0 fully saturated rings. The Bertz CT molecular complexity index is 778. The molecule has 0 saturated heterocycles. The summed E-state index contributed by atoms with van der Waals surface area (Å²) in [5.74, 6) is -2.07. The fourth-order valence-corrected chi connectivity index (χ4v) is 2.06. The lowest BCUT2D eigenvalue weighted by Gasteiger charge is -2.10. The molecule has 2 aromatic rings. The van der Waals surface area contributed by atoms with Gasteiger partial charge in [0.15, 0.2) is 5.11 Å². The van der Waals surface area contributed by atoms with E-state index in [1.165, 1.54) is 18.2 Å². The molecule has 0 saturated carbocycles. The minimum absolute atomic E-state index is 0.00743. The maximum atomic E-state index is 12.0. The highest BCUT2D eigenvalue weighted by atomic mass is 35.5. The van der Waals surface area contributed by atoms with Gasteiger partial charge in [0, 0.05) is 16.3 Å². The second-order valence-electron chi connectivity index (χ2n) is 4.45. The van der Waals surface area contributed by atoms with E-state index < -0.39 is 11.9 Å². The molecule has 1 amide bonds. The average Bonchev–Trinajstić information content (AvgIpc) is 2.49. The van der Waals surface area contributed by atoms with E-state index in [-0.39, 0.29) is 16.4 Å². The number of anilines is 1. The third-order valence-electron chi connectivity index (χ3n) is 2.82. The predicted octanol–water partition coefficient (Wildman–Crippen LogP) is 2.87. The van der Waals surface area contributed by atoms with Gasteiger partial charge in [0.2, 0.25) is 0 Å². The van der Waals surface area contributed by atoms with E-state index in [9.17, 15) is 14.7 Å². The number of phenols is 1. The van der Waals surface area contributed by atoms with Crippen molar-refractivity contribution in [3.63, 3.8) is 0 Å². The number of carboxylic acids is 1. The topological polar surface area (TPSA) is 98.7 Å². The first-order valence-corrected chi connectivity index (χ1v) is 7.09. The summed E-state index contributed by atoms with van der Waals surface area (Å²) < 4.78 is 0. The number of thiocarbonyl (C=S) groups is 1. The number of carboxylic acid groups (broad SMARTS) is 1. The van der Waals surface area contributed by atoms with E-state index in [0.29, 0.717) is 16.3 Å². The smallest absolute Gasteiger partial charge is 0.339 e. The van der Waals surface area contributed by atoms with Crippen LogP contribution in [0.2, 0.25) is 5.02 Å². The van der Waals surface area contributed by atoms with Crippen LogP contribution in [0.5, 0.6) is 5.75 Å². The van der Waals surface area contributed by atoms with Gasteiger partial charge in [-0.05, 0) is 54.7 Å². The third kappa shape index (κ3) is 4.41. The van der Waals surface area contributed by atoms with Gasteiger partial charge in [0.1, 0.15) is 11.3 Å². The Morgan fingerprint density at radius 3 is 2.35 bits per heavy atom. The van der Waals surface area contributed by atoms with E-state index in [4.69, 9.17) is 28.9 Å².